The van der Waals surface area contributed by atoms with E-state index in [1.54, 1.807) is 28.0 Å². The zero-order chi connectivity index (χ0) is 47.4. The van der Waals surface area contributed by atoms with Crippen molar-refractivity contribution in [2.45, 2.75) is 213 Å². The number of pyridine rings is 3. The molecule has 0 unspecified atom stereocenters. The highest BCUT2D eigenvalue weighted by molar-refractivity contribution is 7.19. The number of carbonyl (C=O) groups excluding carboxylic acids is 1. The van der Waals surface area contributed by atoms with Gasteiger partial charge in [-0.1, -0.05) is 33.4 Å². The number of alkyl carbamates (subject to hydrolysis) is 1. The first-order valence-electron chi connectivity index (χ1n) is 25.7. The Kier molecular flexibility index (Phi) is 18.9. The maximum absolute atomic E-state index is 12.0. The second-order valence-corrected chi connectivity index (χ2v) is 24.9. The molecule has 0 aromatic carbocycles. The number of carbonyl (C=O) groups is 1. The number of thiophene rings is 3. The maximum atomic E-state index is 12.0. The highest BCUT2D eigenvalue weighted by Crippen LogP contribution is 2.43. The predicted octanol–water partition coefficient (Wildman–Crippen LogP) is 14.7. The summed E-state index contributed by atoms with van der Waals surface area (Å²) in [6, 6.07) is 8.33. The molecule has 0 spiro atoms. The third-order valence-corrected chi connectivity index (χ3v) is 18.7. The lowest BCUT2D eigenvalue weighted by atomic mass is 9.88. The summed E-state index contributed by atoms with van der Waals surface area (Å²) in [6.45, 7) is 7.99. The van der Waals surface area contributed by atoms with Crippen LogP contribution < -0.4 is 27.4 Å². The topological polar surface area (TPSA) is 153 Å². The Morgan fingerprint density at radius 3 is 1.41 bits per heavy atom. The van der Waals surface area contributed by atoms with Crippen LogP contribution in [0.25, 0.3) is 30.6 Å². The molecule has 382 valence electrons. The second-order valence-electron chi connectivity index (χ2n) is 21.2. The van der Waals surface area contributed by atoms with Gasteiger partial charge in [-0.15, -0.1) is 34.0 Å². The summed E-state index contributed by atoms with van der Waals surface area (Å²) in [7, 11) is 0. The number of ether oxygens (including phenoxy) is 1. The number of amides is 1. The standard InChI is InChI=1S/C21H29N3O2S.C16H21N3S.C10H8ClNS.C7H15N.2CH4/c1-21(2,3)26-20(25)24-14-9-7-13(8-10-14)23-16-11-12-22-19-18(16)15-5-4-6-17(15)27-19;17-10-4-6-11(7-5-10)19-13-8-9-18-16-15(13)12-2-1-3-14(12)20-16;11-7-4-5-12-10-9(7)6-2-1-3-8(6)13-10;1-6-2-4-7(8)5-3-6;;/h11-14H,4-10H2,1-3H3,(H,22,23)(H,24,25);8-11H,1-7,17H2,(H,18,19);4-5H,1-3H2;6-7H,2-5,8H2,1H3;2*1H4. The van der Waals surface area contributed by atoms with E-state index in [0.717, 1.165) is 54.3 Å². The Balaban J connectivity index is 0.000000147. The lowest BCUT2D eigenvalue weighted by Crippen LogP contribution is -2.42. The van der Waals surface area contributed by atoms with Crippen molar-refractivity contribution in [3.05, 3.63) is 73.1 Å². The molecule has 70 heavy (non-hydrogen) atoms. The molecule has 1 amide bonds. The fraction of sp³-hybridized carbons (Fsp3) is 0.607. The van der Waals surface area contributed by atoms with E-state index in [0.29, 0.717) is 24.2 Å². The summed E-state index contributed by atoms with van der Waals surface area (Å²) in [5, 5.41) is 15.4. The van der Waals surface area contributed by atoms with Gasteiger partial charge < -0.3 is 32.2 Å². The molecule has 3 saturated carbocycles. The van der Waals surface area contributed by atoms with Gasteiger partial charge in [-0.2, -0.15) is 0 Å². The first kappa shape index (κ1) is 54.2. The summed E-state index contributed by atoms with van der Waals surface area (Å²) in [5.74, 6) is 0.940. The lowest BCUT2D eigenvalue weighted by molar-refractivity contribution is 0.0492. The van der Waals surface area contributed by atoms with Crippen LogP contribution in [0.15, 0.2) is 36.8 Å². The van der Waals surface area contributed by atoms with Crippen LogP contribution in [0.3, 0.4) is 0 Å². The number of nitrogens with zero attached hydrogens (tertiary/aromatic N) is 3. The maximum Gasteiger partial charge on any atom is 0.407 e. The quantitative estimate of drug-likeness (QED) is 0.114. The molecule has 0 atom stereocenters. The molecule has 0 saturated heterocycles. The summed E-state index contributed by atoms with van der Waals surface area (Å²) in [4.78, 5) is 33.5. The van der Waals surface area contributed by atoms with Gasteiger partial charge in [0.1, 0.15) is 20.1 Å². The molecular weight excluding hydrogens is 948 g/mol. The average Bonchev–Trinajstić information content (AvgIpc) is 4.17. The summed E-state index contributed by atoms with van der Waals surface area (Å²) < 4.78 is 5.37. The molecule has 6 aromatic rings. The molecule has 12 rings (SSSR count). The summed E-state index contributed by atoms with van der Waals surface area (Å²) in [6.07, 6.45) is 30.4. The number of halogens is 1. The first-order valence-corrected chi connectivity index (χ1v) is 28.5. The fourth-order valence-electron chi connectivity index (χ4n) is 11.1. The van der Waals surface area contributed by atoms with Crippen LogP contribution in [-0.2, 0) is 43.3 Å². The van der Waals surface area contributed by atoms with Gasteiger partial charge in [-0.3, -0.25) is 0 Å². The fourth-order valence-corrected chi connectivity index (χ4v) is 15.2. The summed E-state index contributed by atoms with van der Waals surface area (Å²) >= 11 is 11.7. The van der Waals surface area contributed by atoms with Gasteiger partial charge >= 0.3 is 6.09 Å². The Morgan fingerprint density at radius 2 is 0.971 bits per heavy atom. The van der Waals surface area contributed by atoms with Crippen molar-refractivity contribution < 1.29 is 9.53 Å². The molecular formula is C56H81ClN8O2S3. The molecule has 6 aliphatic rings. The molecule has 6 aromatic heterocycles. The molecule has 6 heterocycles. The molecule has 0 aliphatic heterocycles. The Bertz CT molecular complexity index is 2640. The van der Waals surface area contributed by atoms with Crippen LogP contribution in [0, 0.1) is 5.92 Å². The minimum atomic E-state index is -0.448. The van der Waals surface area contributed by atoms with E-state index in [-0.39, 0.29) is 27.0 Å². The number of aromatic nitrogens is 3. The average molecular weight is 1030 g/mol. The Hall–Kier alpha value is -3.59. The van der Waals surface area contributed by atoms with Gasteiger partial charge in [0.25, 0.3) is 0 Å². The number of hydrogen-bond donors (Lipinski definition) is 5. The third-order valence-electron chi connectivity index (χ3n) is 14.8. The van der Waals surface area contributed by atoms with E-state index in [1.807, 2.05) is 61.9 Å². The summed E-state index contributed by atoms with van der Waals surface area (Å²) in [5.41, 5.74) is 18.3. The normalized spacial score (nSPS) is 23.4. The van der Waals surface area contributed by atoms with Gasteiger partial charge in [0.15, 0.2) is 0 Å². The molecule has 10 nitrogen and oxygen atoms in total. The highest BCUT2D eigenvalue weighted by Gasteiger charge is 2.28. The molecule has 7 N–H and O–H groups in total. The third kappa shape index (κ3) is 13.3. The van der Waals surface area contributed by atoms with Crippen molar-refractivity contribution in [3.8, 4) is 0 Å². The Labute approximate surface area is 435 Å². The van der Waals surface area contributed by atoms with Crippen molar-refractivity contribution in [3.63, 3.8) is 0 Å². The smallest absolute Gasteiger partial charge is 0.407 e. The van der Waals surface area contributed by atoms with E-state index in [9.17, 15) is 4.79 Å². The zero-order valence-corrected chi connectivity index (χ0v) is 43.9. The number of rotatable bonds is 5. The van der Waals surface area contributed by atoms with E-state index in [4.69, 9.17) is 27.8 Å². The number of nitrogens with one attached hydrogen (secondary N) is 3. The molecule has 6 aliphatic carbocycles. The van der Waals surface area contributed by atoms with E-state index >= 15 is 0 Å². The van der Waals surface area contributed by atoms with E-state index in [2.05, 4.69) is 50.0 Å². The SMILES string of the molecule is C.C.CC(C)(C)OC(=O)NC1CCC(Nc2ccnc3sc4c(c23)CCC4)CC1.CC1CCC(N)CC1.Clc1ccnc2sc3c(c12)CCC3.NC1CCC(Nc2ccnc3sc4c(c23)CCC4)CC1. The van der Waals surface area contributed by atoms with Crippen molar-refractivity contribution in [1.29, 1.82) is 0 Å². The highest BCUT2D eigenvalue weighted by atomic mass is 35.5. The van der Waals surface area contributed by atoms with Crippen LogP contribution in [0.4, 0.5) is 16.2 Å². The molecule has 0 bridgehead atoms. The Morgan fingerprint density at radius 1 is 0.586 bits per heavy atom. The monoisotopic (exact) mass is 1030 g/mol. The molecule has 14 heteroatoms. The molecule has 0 radical (unpaired) electrons. The number of fused-ring (bicyclic) bond motifs is 9. The number of nitrogens with two attached hydrogens (primary N) is 2. The van der Waals surface area contributed by atoms with Crippen molar-refractivity contribution in [2.24, 2.45) is 17.4 Å². The number of hydrogen-bond acceptors (Lipinski definition) is 12. The minimum Gasteiger partial charge on any atom is -0.444 e. The van der Waals surface area contributed by atoms with Crippen molar-refractivity contribution >= 4 is 93.7 Å². The first-order chi connectivity index (χ1) is 32.8. The second kappa shape index (κ2) is 24.4. The van der Waals surface area contributed by atoms with Gasteiger partial charge in [0.05, 0.1) is 5.02 Å². The van der Waals surface area contributed by atoms with Gasteiger partial charge in [0.2, 0.25) is 0 Å². The van der Waals surface area contributed by atoms with Gasteiger partial charge in [-0.05, 0) is 196 Å². The number of aryl methyl sites for hydroxylation is 6. The van der Waals surface area contributed by atoms with Gasteiger partial charge in [-0.25, -0.2) is 19.7 Å². The van der Waals surface area contributed by atoms with Crippen LogP contribution >= 0.6 is 45.6 Å². The minimum absolute atomic E-state index is 0. The van der Waals surface area contributed by atoms with E-state index in [1.165, 1.54) is 154 Å². The molecule has 3 fully saturated rings. The van der Waals surface area contributed by atoms with Crippen molar-refractivity contribution in [2.75, 3.05) is 10.6 Å². The van der Waals surface area contributed by atoms with Crippen molar-refractivity contribution in [1.82, 2.24) is 20.3 Å². The van der Waals surface area contributed by atoms with Crippen LogP contribution in [-0.4, -0.2) is 56.9 Å². The van der Waals surface area contributed by atoms with Crippen LogP contribution in [0.5, 0.6) is 0 Å². The number of anilines is 2. The zero-order valence-electron chi connectivity index (χ0n) is 40.7. The van der Waals surface area contributed by atoms with Crippen LogP contribution in [0.2, 0.25) is 5.02 Å². The van der Waals surface area contributed by atoms with Crippen LogP contribution in [0.1, 0.15) is 170 Å². The largest absolute Gasteiger partial charge is 0.444 e. The van der Waals surface area contributed by atoms with E-state index < -0.39 is 5.60 Å². The predicted molar refractivity (Wildman–Crippen MR) is 302 cm³/mol. The lowest BCUT2D eigenvalue weighted by Gasteiger charge is -2.31. The van der Waals surface area contributed by atoms with Gasteiger partial charge in [0, 0.05) is 91.0 Å².